The highest BCUT2D eigenvalue weighted by Gasteiger charge is 2.40. The molecular formula is C25H18F3N3O2S. The highest BCUT2D eigenvalue weighted by atomic mass is 32.1. The van der Waals surface area contributed by atoms with Crippen molar-refractivity contribution in [2.75, 3.05) is 7.05 Å². The second-order valence-electron chi connectivity index (χ2n) is 7.52. The van der Waals surface area contributed by atoms with Gasteiger partial charge in [-0.25, -0.2) is 0 Å². The Morgan fingerprint density at radius 1 is 1.00 bits per heavy atom. The van der Waals surface area contributed by atoms with Crippen LogP contribution in [-0.2, 0) is 11.3 Å². The molecule has 0 N–H and O–H groups in total. The number of rotatable bonds is 6. The van der Waals surface area contributed by atoms with Gasteiger partial charge in [0.2, 0.25) is 5.91 Å². The summed E-state index contributed by atoms with van der Waals surface area (Å²) in [5.41, 5.74) is 3.81. The number of hydrogen-bond donors (Lipinski definition) is 0. The van der Waals surface area contributed by atoms with E-state index < -0.39 is 12.0 Å². The number of alkyl halides is 3. The predicted octanol–water partition coefficient (Wildman–Crippen LogP) is 5.78. The van der Waals surface area contributed by atoms with E-state index in [0.717, 1.165) is 27.9 Å². The lowest BCUT2D eigenvalue weighted by Gasteiger charge is -2.15. The van der Waals surface area contributed by atoms with E-state index in [0.29, 0.717) is 22.5 Å². The predicted molar refractivity (Wildman–Crippen MR) is 125 cm³/mol. The van der Waals surface area contributed by atoms with Gasteiger partial charge in [-0.3, -0.25) is 19.6 Å². The zero-order valence-corrected chi connectivity index (χ0v) is 18.7. The van der Waals surface area contributed by atoms with E-state index >= 15 is 0 Å². The van der Waals surface area contributed by atoms with Gasteiger partial charge in [0.05, 0.1) is 15.9 Å². The van der Waals surface area contributed by atoms with Crippen molar-refractivity contribution in [2.45, 2.75) is 12.7 Å². The molecule has 0 bridgehead atoms. The van der Waals surface area contributed by atoms with Crippen molar-refractivity contribution in [1.29, 1.82) is 0 Å². The number of aromatic nitrogens is 2. The summed E-state index contributed by atoms with van der Waals surface area (Å²) in [6.07, 6.45) is 1.41. The van der Waals surface area contributed by atoms with Gasteiger partial charge in [0.15, 0.2) is 0 Å². The summed E-state index contributed by atoms with van der Waals surface area (Å²) in [5.74, 6) is -2.06. The SMILES string of the molecule is CN(Cc1ccc2nccnc2c1)C(=O)/C=C/c1cccc(-c2ccc(C(=O)C(F)(F)F)s2)c1. The van der Waals surface area contributed by atoms with Gasteiger partial charge in [0.1, 0.15) is 0 Å². The number of thiophene rings is 1. The van der Waals surface area contributed by atoms with Crippen LogP contribution in [0, 0.1) is 0 Å². The van der Waals surface area contributed by atoms with Crippen LogP contribution in [0.25, 0.3) is 27.6 Å². The number of nitrogens with zero attached hydrogens (tertiary/aromatic N) is 3. The van der Waals surface area contributed by atoms with Gasteiger partial charge < -0.3 is 4.90 Å². The first-order chi connectivity index (χ1) is 16.2. The van der Waals surface area contributed by atoms with Crippen molar-refractivity contribution >= 4 is 40.1 Å². The summed E-state index contributed by atoms with van der Waals surface area (Å²) in [7, 11) is 1.69. The van der Waals surface area contributed by atoms with Crippen molar-refractivity contribution in [3.63, 3.8) is 0 Å². The number of ketones is 1. The fraction of sp³-hybridized carbons (Fsp3) is 0.120. The number of likely N-dealkylation sites (N-methyl/N-ethyl adjacent to an activating group) is 1. The molecule has 0 aliphatic carbocycles. The summed E-state index contributed by atoms with van der Waals surface area (Å²) in [5, 5.41) is 0. The zero-order chi connectivity index (χ0) is 24.3. The smallest absolute Gasteiger partial charge is 0.338 e. The van der Waals surface area contributed by atoms with E-state index in [1.165, 1.54) is 18.2 Å². The van der Waals surface area contributed by atoms with Crippen molar-refractivity contribution in [3.05, 3.63) is 89.1 Å². The minimum atomic E-state index is -4.90. The van der Waals surface area contributed by atoms with Gasteiger partial charge in [-0.2, -0.15) is 13.2 Å². The third kappa shape index (κ3) is 5.37. The fourth-order valence-electron chi connectivity index (χ4n) is 3.30. The molecule has 172 valence electrons. The maximum atomic E-state index is 12.7. The van der Waals surface area contributed by atoms with Crippen LogP contribution in [0.4, 0.5) is 13.2 Å². The Kier molecular flexibility index (Phi) is 6.56. The van der Waals surface area contributed by atoms with Crippen molar-refractivity contribution in [1.82, 2.24) is 14.9 Å². The van der Waals surface area contributed by atoms with E-state index in [2.05, 4.69) is 9.97 Å². The summed E-state index contributed by atoms with van der Waals surface area (Å²) in [6.45, 7) is 0.390. The Morgan fingerprint density at radius 3 is 2.53 bits per heavy atom. The molecule has 0 saturated heterocycles. The first-order valence-corrected chi connectivity index (χ1v) is 11.0. The normalized spacial score (nSPS) is 11.8. The quantitative estimate of drug-likeness (QED) is 0.259. The van der Waals surface area contributed by atoms with E-state index in [1.807, 2.05) is 18.2 Å². The van der Waals surface area contributed by atoms with Crippen LogP contribution < -0.4 is 0 Å². The topological polar surface area (TPSA) is 63.2 Å². The van der Waals surface area contributed by atoms with Crippen LogP contribution >= 0.6 is 11.3 Å². The molecule has 34 heavy (non-hydrogen) atoms. The molecule has 1 amide bonds. The standard InChI is InChI=1S/C25H18F3N3O2S/c1-31(15-17-5-7-19-20(14-17)30-12-11-29-19)23(32)10-6-16-3-2-4-18(13-16)21-8-9-22(34-21)24(33)25(26,27)28/h2-14H,15H2,1H3/b10-6+. The Bertz CT molecular complexity index is 1400. The molecule has 0 aliphatic heterocycles. The van der Waals surface area contributed by atoms with Gasteiger partial charge >= 0.3 is 6.18 Å². The highest BCUT2D eigenvalue weighted by molar-refractivity contribution is 7.17. The molecule has 4 rings (SSSR count). The molecule has 0 radical (unpaired) electrons. The van der Waals surface area contributed by atoms with E-state index in [4.69, 9.17) is 0 Å². The highest BCUT2D eigenvalue weighted by Crippen LogP contribution is 2.32. The lowest BCUT2D eigenvalue weighted by molar-refractivity contribution is -0.125. The van der Waals surface area contributed by atoms with Crippen LogP contribution in [-0.4, -0.2) is 39.8 Å². The lowest BCUT2D eigenvalue weighted by atomic mass is 10.1. The number of amides is 1. The second-order valence-corrected chi connectivity index (χ2v) is 8.61. The summed E-state index contributed by atoms with van der Waals surface area (Å²) in [4.78, 5) is 34.3. The molecule has 2 aromatic carbocycles. The minimum Gasteiger partial charge on any atom is -0.338 e. The van der Waals surface area contributed by atoms with Crippen LogP contribution in [0.2, 0.25) is 0 Å². The maximum Gasteiger partial charge on any atom is 0.455 e. The Labute approximate surface area is 197 Å². The minimum absolute atomic E-state index is 0.209. The van der Waals surface area contributed by atoms with Gasteiger partial charge in [0, 0.05) is 36.9 Å². The first-order valence-electron chi connectivity index (χ1n) is 10.2. The molecule has 0 fully saturated rings. The van der Waals surface area contributed by atoms with Crippen molar-refractivity contribution in [3.8, 4) is 10.4 Å². The fourth-order valence-corrected chi connectivity index (χ4v) is 4.27. The average Bonchev–Trinajstić information content (AvgIpc) is 3.31. The molecule has 0 unspecified atom stereocenters. The molecule has 2 aromatic heterocycles. The molecule has 0 saturated carbocycles. The average molecular weight is 481 g/mol. The number of hydrogen-bond acceptors (Lipinski definition) is 5. The number of Topliss-reactive ketones (excluding diaryl/α,β-unsaturated/α-hetero) is 1. The lowest BCUT2D eigenvalue weighted by Crippen LogP contribution is -2.24. The van der Waals surface area contributed by atoms with Crippen LogP contribution in [0.1, 0.15) is 20.8 Å². The summed E-state index contributed by atoms with van der Waals surface area (Å²) in [6, 6.07) is 15.3. The van der Waals surface area contributed by atoms with E-state index in [1.54, 1.807) is 54.7 Å². The number of fused-ring (bicyclic) bond motifs is 1. The van der Waals surface area contributed by atoms with Crippen LogP contribution in [0.3, 0.4) is 0 Å². The molecule has 0 atom stereocenters. The maximum absolute atomic E-state index is 12.7. The molecule has 5 nitrogen and oxygen atoms in total. The number of halogens is 3. The largest absolute Gasteiger partial charge is 0.455 e. The molecule has 4 aromatic rings. The monoisotopic (exact) mass is 481 g/mol. The first kappa shape index (κ1) is 23.3. The number of carbonyl (C=O) groups is 2. The molecular weight excluding hydrogens is 463 g/mol. The Hall–Kier alpha value is -3.85. The molecule has 2 heterocycles. The van der Waals surface area contributed by atoms with Gasteiger partial charge in [0.25, 0.3) is 5.78 Å². The number of carbonyl (C=O) groups excluding carboxylic acids is 2. The van der Waals surface area contributed by atoms with Crippen LogP contribution in [0.15, 0.2) is 73.1 Å². The van der Waals surface area contributed by atoms with E-state index in [-0.39, 0.29) is 10.8 Å². The van der Waals surface area contributed by atoms with Gasteiger partial charge in [-0.1, -0.05) is 24.3 Å². The summed E-state index contributed by atoms with van der Waals surface area (Å²) < 4.78 is 38.0. The van der Waals surface area contributed by atoms with Gasteiger partial charge in [-0.15, -0.1) is 11.3 Å². The molecule has 0 spiro atoms. The van der Waals surface area contributed by atoms with Crippen molar-refractivity contribution in [2.24, 2.45) is 0 Å². The van der Waals surface area contributed by atoms with Gasteiger partial charge in [-0.05, 0) is 53.1 Å². The van der Waals surface area contributed by atoms with Crippen molar-refractivity contribution < 1.29 is 22.8 Å². The number of benzene rings is 2. The Morgan fingerprint density at radius 2 is 1.76 bits per heavy atom. The van der Waals surface area contributed by atoms with E-state index in [9.17, 15) is 22.8 Å². The third-order valence-corrected chi connectivity index (χ3v) is 6.14. The molecule has 9 heteroatoms. The third-order valence-electron chi connectivity index (χ3n) is 5.01. The Balaban J connectivity index is 1.44. The second kappa shape index (κ2) is 9.56. The zero-order valence-electron chi connectivity index (χ0n) is 17.9. The molecule has 0 aliphatic rings. The summed E-state index contributed by atoms with van der Waals surface area (Å²) >= 11 is 0.783. The van der Waals surface area contributed by atoms with Crippen LogP contribution in [0.5, 0.6) is 0 Å².